The quantitative estimate of drug-likeness (QED) is 0.810. The Hall–Kier alpha value is 0.491. The van der Waals surface area contributed by atoms with Crippen molar-refractivity contribution in [1.82, 2.24) is 0 Å². The van der Waals surface area contributed by atoms with Gasteiger partial charge in [0.15, 0.2) is 16.6 Å². The molecule has 1 heterocycles. The van der Waals surface area contributed by atoms with Crippen LogP contribution < -0.4 is 5.73 Å². The Bertz CT molecular complexity index is 247. The molecule has 1 saturated heterocycles. The molecule has 1 unspecified atom stereocenters. The Balaban J connectivity index is 2.84. The lowest BCUT2D eigenvalue weighted by atomic mass is 10.3. The fraction of sp³-hybridized carbons (Fsp3) is 1.00. The second kappa shape index (κ2) is 5.24. The number of hydrogen-bond acceptors (Lipinski definition) is 4. The summed E-state index contributed by atoms with van der Waals surface area (Å²) in [6, 6.07) is 0.926. The van der Waals surface area contributed by atoms with E-state index in [1.54, 1.807) is 0 Å². The van der Waals surface area contributed by atoms with Crippen LogP contribution in [0.1, 0.15) is 12.8 Å². The lowest BCUT2D eigenvalue weighted by molar-refractivity contribution is 0.0757. The summed E-state index contributed by atoms with van der Waals surface area (Å²) in [4.78, 5) is 0. The smallest absolute Gasteiger partial charge is 0.416 e. The van der Waals surface area contributed by atoms with E-state index in [9.17, 15) is 0 Å². The molecule has 17 heavy (non-hydrogen) atoms. The third-order valence-electron chi connectivity index (χ3n) is 2.23. The molecule has 0 amide bonds. The van der Waals surface area contributed by atoms with Gasteiger partial charge in [0.25, 0.3) is 0 Å². The molecule has 1 rings (SSSR count). The van der Waals surface area contributed by atoms with Crippen LogP contribution in [-0.4, -0.2) is 31.7 Å². The summed E-state index contributed by atoms with van der Waals surface area (Å²) >= 11 is 0. The summed E-state index contributed by atoms with van der Waals surface area (Å²) in [7, 11) is -5.85. The summed E-state index contributed by atoms with van der Waals surface area (Å²) < 4.78 is 18.6. The molecule has 4 nitrogen and oxygen atoms in total. The van der Waals surface area contributed by atoms with Crippen molar-refractivity contribution in [3.63, 3.8) is 0 Å². The van der Waals surface area contributed by atoms with Crippen LogP contribution in [-0.2, 0) is 12.7 Å². The predicted octanol–water partition coefficient (Wildman–Crippen LogP) is 2.72. The van der Waals surface area contributed by atoms with E-state index in [1.807, 2.05) is 0 Å². The van der Waals surface area contributed by atoms with Crippen LogP contribution in [0.15, 0.2) is 0 Å². The topological polar surface area (TPSA) is 53.7 Å². The molecule has 0 radical (unpaired) electrons. The van der Waals surface area contributed by atoms with Crippen molar-refractivity contribution in [2.75, 3.05) is 0 Å². The monoisotopic (exact) mass is 293 g/mol. The molecule has 0 bridgehead atoms. The number of nitrogens with two attached hydrogens (primary N) is 1. The first-order valence-corrected chi connectivity index (χ1v) is 15.1. The van der Waals surface area contributed by atoms with Crippen LogP contribution >= 0.6 is 0 Å². The summed E-state index contributed by atoms with van der Waals surface area (Å²) in [5.74, 6) is 0. The molecule has 7 heteroatoms. The van der Waals surface area contributed by atoms with E-state index >= 15 is 0 Å². The van der Waals surface area contributed by atoms with Crippen molar-refractivity contribution in [2.24, 2.45) is 5.73 Å². The van der Waals surface area contributed by atoms with Crippen molar-refractivity contribution in [1.29, 1.82) is 0 Å². The van der Waals surface area contributed by atoms with Gasteiger partial charge in [0, 0.05) is 6.04 Å². The SMILES string of the molecule is C[Si](C)(C)O[Si]1(O[Si](C)(C)C)CCCC(N)O1. The summed E-state index contributed by atoms with van der Waals surface area (Å²) in [5, 5.41) is 0. The van der Waals surface area contributed by atoms with Crippen LogP contribution in [0.3, 0.4) is 0 Å². The Morgan fingerprint density at radius 2 is 1.53 bits per heavy atom. The van der Waals surface area contributed by atoms with Crippen molar-refractivity contribution in [3.8, 4) is 0 Å². The maximum absolute atomic E-state index is 6.30. The van der Waals surface area contributed by atoms with E-state index in [4.69, 9.17) is 18.4 Å². The highest BCUT2D eigenvalue weighted by atomic mass is 28.5. The van der Waals surface area contributed by atoms with E-state index in [0.29, 0.717) is 0 Å². The fourth-order valence-electron chi connectivity index (χ4n) is 1.97. The lowest BCUT2D eigenvalue weighted by Crippen LogP contribution is -2.60. The third kappa shape index (κ3) is 5.77. The van der Waals surface area contributed by atoms with Crippen molar-refractivity contribution in [3.05, 3.63) is 0 Å². The van der Waals surface area contributed by atoms with Gasteiger partial charge >= 0.3 is 8.80 Å². The Morgan fingerprint density at radius 3 is 1.88 bits per heavy atom. The first-order valence-electron chi connectivity index (χ1n) is 6.35. The zero-order valence-electron chi connectivity index (χ0n) is 12.0. The Kier molecular flexibility index (Phi) is 4.79. The number of rotatable bonds is 4. The Morgan fingerprint density at radius 1 is 1.06 bits per heavy atom. The fourth-order valence-corrected chi connectivity index (χ4v) is 12.5. The van der Waals surface area contributed by atoms with Gasteiger partial charge in [0.1, 0.15) is 0 Å². The van der Waals surface area contributed by atoms with Gasteiger partial charge in [-0.15, -0.1) is 0 Å². The van der Waals surface area contributed by atoms with Crippen LogP contribution in [0.5, 0.6) is 0 Å². The number of hydrogen-bond donors (Lipinski definition) is 1. The summed E-state index contributed by atoms with van der Waals surface area (Å²) in [6.45, 7) is 13.1. The molecule has 1 fully saturated rings. The maximum atomic E-state index is 6.30. The molecule has 0 aliphatic carbocycles. The standard InChI is InChI=1S/C10H27NO3Si3/c1-15(2,3)13-17(14-16(4,5)6)9-7-8-10(11)12-17/h10H,7-9,11H2,1-6H3. The summed E-state index contributed by atoms with van der Waals surface area (Å²) in [5.41, 5.74) is 5.93. The molecule has 0 spiro atoms. The average Bonchev–Trinajstić information content (AvgIpc) is 1.94. The molecule has 1 aliphatic heterocycles. The molecule has 1 aliphatic rings. The maximum Gasteiger partial charge on any atom is 0.481 e. The first kappa shape index (κ1) is 15.5. The minimum Gasteiger partial charge on any atom is -0.416 e. The van der Waals surface area contributed by atoms with Crippen LogP contribution in [0, 0.1) is 0 Å². The molecule has 0 aromatic carbocycles. The molecular formula is C10H27NO3Si3. The molecular weight excluding hydrogens is 266 g/mol. The van der Waals surface area contributed by atoms with E-state index in [-0.39, 0.29) is 6.23 Å². The van der Waals surface area contributed by atoms with E-state index < -0.39 is 25.4 Å². The lowest BCUT2D eigenvalue weighted by Gasteiger charge is -2.43. The van der Waals surface area contributed by atoms with Gasteiger partial charge in [0.2, 0.25) is 0 Å². The zero-order chi connectivity index (χ0) is 13.3. The second-order valence-electron chi connectivity index (χ2n) is 6.66. The first-order chi connectivity index (χ1) is 7.52. The second-order valence-corrected chi connectivity index (χ2v) is 18.8. The van der Waals surface area contributed by atoms with Gasteiger partial charge in [0.05, 0.1) is 6.23 Å². The molecule has 0 saturated carbocycles. The normalized spacial score (nSPS) is 25.9. The van der Waals surface area contributed by atoms with Crippen LogP contribution in [0.4, 0.5) is 0 Å². The highest BCUT2D eigenvalue weighted by molar-refractivity contribution is 6.85. The van der Waals surface area contributed by atoms with Gasteiger partial charge in [-0.05, 0) is 52.1 Å². The van der Waals surface area contributed by atoms with Crippen LogP contribution in [0.25, 0.3) is 0 Å². The largest absolute Gasteiger partial charge is 0.481 e. The Labute approximate surface area is 108 Å². The van der Waals surface area contributed by atoms with Gasteiger partial charge in [-0.2, -0.15) is 0 Å². The van der Waals surface area contributed by atoms with Gasteiger partial charge in [-0.25, -0.2) is 0 Å². The van der Waals surface area contributed by atoms with E-state index in [2.05, 4.69) is 39.3 Å². The molecule has 2 N–H and O–H groups in total. The average molecular weight is 294 g/mol. The highest BCUT2D eigenvalue weighted by Crippen LogP contribution is 2.31. The van der Waals surface area contributed by atoms with E-state index in [0.717, 1.165) is 18.9 Å². The van der Waals surface area contributed by atoms with E-state index in [1.165, 1.54) is 0 Å². The molecule has 1 atom stereocenters. The molecule has 0 aromatic heterocycles. The third-order valence-corrected chi connectivity index (χ3v) is 11.2. The van der Waals surface area contributed by atoms with Crippen molar-refractivity contribution < 1.29 is 12.7 Å². The van der Waals surface area contributed by atoms with Crippen molar-refractivity contribution in [2.45, 2.75) is 64.4 Å². The zero-order valence-corrected chi connectivity index (χ0v) is 15.0. The minimum absolute atomic E-state index is 0.205. The van der Waals surface area contributed by atoms with Crippen molar-refractivity contribution >= 4 is 25.4 Å². The molecule has 0 aromatic rings. The highest BCUT2D eigenvalue weighted by Gasteiger charge is 2.50. The summed E-state index contributed by atoms with van der Waals surface area (Å²) in [6.07, 6.45) is 1.77. The van der Waals surface area contributed by atoms with Crippen LogP contribution in [0.2, 0.25) is 45.3 Å². The molecule has 102 valence electrons. The minimum atomic E-state index is -2.52. The van der Waals surface area contributed by atoms with Gasteiger partial charge in [-0.3, -0.25) is 0 Å². The van der Waals surface area contributed by atoms with Gasteiger partial charge < -0.3 is 18.4 Å². The van der Waals surface area contributed by atoms with Gasteiger partial charge in [-0.1, -0.05) is 0 Å². The predicted molar refractivity (Wildman–Crippen MR) is 77.7 cm³/mol.